The fourth-order valence-corrected chi connectivity index (χ4v) is 4.99. The third-order valence-electron chi connectivity index (χ3n) is 7.29. The van der Waals surface area contributed by atoms with Crippen LogP contribution in [0.15, 0.2) is 36.5 Å². The van der Waals surface area contributed by atoms with E-state index in [1.807, 2.05) is 4.90 Å². The van der Waals surface area contributed by atoms with Crippen molar-refractivity contribution in [3.8, 4) is 17.6 Å². The number of aromatic nitrogens is 1. The Morgan fingerprint density at radius 3 is 2.63 bits per heavy atom. The molecule has 1 aliphatic heterocycles. The monoisotopic (exact) mass is 528 g/mol. The minimum atomic E-state index is -1.38. The Hall–Kier alpha value is -3.64. The molecule has 3 aromatic rings. The van der Waals surface area contributed by atoms with Gasteiger partial charge in [-0.25, -0.2) is 17.6 Å². The minimum Gasteiger partial charge on any atom is -0.497 e. The van der Waals surface area contributed by atoms with E-state index in [0.29, 0.717) is 59.8 Å². The van der Waals surface area contributed by atoms with Gasteiger partial charge in [0.05, 0.1) is 30.1 Å². The molecule has 5 nitrogen and oxygen atoms in total. The van der Waals surface area contributed by atoms with Crippen LogP contribution >= 0.6 is 0 Å². The summed E-state index contributed by atoms with van der Waals surface area (Å²) in [5.41, 5.74) is 0.358. The molecule has 1 aromatic heterocycles. The van der Waals surface area contributed by atoms with Crippen LogP contribution < -0.4 is 4.74 Å². The Morgan fingerprint density at radius 2 is 1.95 bits per heavy atom. The molecule has 4 rings (SSSR count). The number of fused-ring (bicyclic) bond motifs is 1. The number of aliphatic carboxylic acids is 1. The van der Waals surface area contributed by atoms with E-state index in [-0.39, 0.29) is 24.9 Å². The number of likely N-dealkylation sites (tertiary alicyclic amines) is 1. The predicted molar refractivity (Wildman–Crippen MR) is 135 cm³/mol. The lowest BCUT2D eigenvalue weighted by atomic mass is 9.74. The number of halogens is 4. The first kappa shape index (κ1) is 27.4. The fraction of sp³-hybridized carbons (Fsp3) is 0.379. The van der Waals surface area contributed by atoms with Crippen LogP contribution in [0.2, 0.25) is 0 Å². The molecule has 0 unspecified atom stereocenters. The average Bonchev–Trinajstić information content (AvgIpc) is 2.90. The molecule has 0 spiro atoms. The van der Waals surface area contributed by atoms with Gasteiger partial charge in [0.15, 0.2) is 11.6 Å². The van der Waals surface area contributed by atoms with Crippen molar-refractivity contribution >= 4 is 16.9 Å². The molecule has 0 bridgehead atoms. The second kappa shape index (κ2) is 11.4. The van der Waals surface area contributed by atoms with Crippen LogP contribution in [0.25, 0.3) is 10.9 Å². The van der Waals surface area contributed by atoms with Crippen LogP contribution in [-0.4, -0.2) is 47.7 Å². The average molecular weight is 529 g/mol. The van der Waals surface area contributed by atoms with Gasteiger partial charge in [-0.05, 0) is 68.0 Å². The van der Waals surface area contributed by atoms with Gasteiger partial charge in [0, 0.05) is 30.7 Å². The summed E-state index contributed by atoms with van der Waals surface area (Å²) in [6.07, 6.45) is 1.02. The van der Waals surface area contributed by atoms with Crippen molar-refractivity contribution in [2.75, 3.05) is 26.7 Å². The quantitative estimate of drug-likeness (QED) is 0.232. The van der Waals surface area contributed by atoms with Gasteiger partial charge in [-0.3, -0.25) is 14.7 Å². The third-order valence-corrected chi connectivity index (χ3v) is 7.29. The number of hydrogen-bond acceptors (Lipinski definition) is 4. The lowest BCUT2D eigenvalue weighted by molar-refractivity contribution is -0.152. The van der Waals surface area contributed by atoms with Gasteiger partial charge in [0.2, 0.25) is 0 Å². The zero-order chi connectivity index (χ0) is 27.4. The third kappa shape index (κ3) is 5.76. The number of piperidine rings is 1. The first-order valence-corrected chi connectivity index (χ1v) is 12.3. The molecule has 0 aliphatic carbocycles. The maximum atomic E-state index is 15.7. The van der Waals surface area contributed by atoms with Crippen LogP contribution in [0, 0.1) is 41.6 Å². The summed E-state index contributed by atoms with van der Waals surface area (Å²) in [7, 11) is 1.53. The highest BCUT2D eigenvalue weighted by molar-refractivity contribution is 5.85. The smallest absolute Gasteiger partial charge is 0.309 e. The molecular weight excluding hydrogens is 500 g/mol. The number of carboxylic acids is 1. The van der Waals surface area contributed by atoms with Crippen molar-refractivity contribution < 1.29 is 32.2 Å². The van der Waals surface area contributed by atoms with Crippen molar-refractivity contribution in [1.29, 1.82) is 0 Å². The largest absolute Gasteiger partial charge is 0.497 e. The second-order valence-corrected chi connectivity index (χ2v) is 9.66. The summed E-state index contributed by atoms with van der Waals surface area (Å²) < 4.78 is 61.5. The molecule has 200 valence electrons. The zero-order valence-corrected chi connectivity index (χ0v) is 21.2. The Morgan fingerprint density at radius 1 is 1.21 bits per heavy atom. The molecule has 2 aromatic carbocycles. The number of carboxylic acid groups (broad SMARTS) is 1. The first-order chi connectivity index (χ1) is 18.1. The number of pyridine rings is 1. The highest BCUT2D eigenvalue weighted by Gasteiger charge is 2.41. The lowest BCUT2D eigenvalue weighted by Gasteiger charge is -2.38. The molecule has 0 radical (unpaired) electrons. The summed E-state index contributed by atoms with van der Waals surface area (Å²) in [5.74, 6) is 1.33. The van der Waals surface area contributed by atoms with Crippen molar-refractivity contribution in [1.82, 2.24) is 9.88 Å². The van der Waals surface area contributed by atoms with Crippen LogP contribution in [0.3, 0.4) is 0 Å². The summed E-state index contributed by atoms with van der Waals surface area (Å²) in [4.78, 5) is 18.5. The van der Waals surface area contributed by atoms with E-state index >= 15 is 4.39 Å². The van der Waals surface area contributed by atoms with Gasteiger partial charge in [0.1, 0.15) is 17.7 Å². The van der Waals surface area contributed by atoms with E-state index < -0.39 is 35.0 Å². The standard InChI is InChI=1S/C29H28F4N2O3/c1-18-17-34-25-6-5-21(38-2)16-22(25)26(18)23(31)7-8-29(28(36)37)9-12-35(13-10-29)11-3-4-19-14-20(30)15-24(32)27(19)33/h5-6,14-17,23H,7-13H2,1-2H3,(H,36,37)/t23-/m1/s1. The molecule has 2 heterocycles. The number of ether oxygens (including phenoxy) is 1. The van der Waals surface area contributed by atoms with E-state index in [4.69, 9.17) is 4.74 Å². The molecule has 38 heavy (non-hydrogen) atoms. The summed E-state index contributed by atoms with van der Waals surface area (Å²) >= 11 is 0. The van der Waals surface area contributed by atoms with Gasteiger partial charge in [-0.2, -0.15) is 0 Å². The van der Waals surface area contributed by atoms with E-state index in [9.17, 15) is 23.1 Å². The molecule has 1 N–H and O–H groups in total. The number of hydrogen-bond donors (Lipinski definition) is 1. The molecule has 0 amide bonds. The Balaban J connectivity index is 1.42. The zero-order valence-electron chi connectivity index (χ0n) is 21.2. The van der Waals surface area contributed by atoms with E-state index in [0.717, 1.165) is 6.07 Å². The van der Waals surface area contributed by atoms with Crippen LogP contribution in [0.4, 0.5) is 17.6 Å². The Labute approximate surface area is 218 Å². The Bertz CT molecular complexity index is 1410. The highest BCUT2D eigenvalue weighted by atomic mass is 19.2. The van der Waals surface area contributed by atoms with Crippen molar-refractivity contribution in [2.24, 2.45) is 5.41 Å². The number of rotatable bonds is 7. The van der Waals surface area contributed by atoms with Crippen molar-refractivity contribution in [3.63, 3.8) is 0 Å². The second-order valence-electron chi connectivity index (χ2n) is 9.66. The van der Waals surface area contributed by atoms with Crippen molar-refractivity contribution in [2.45, 2.75) is 38.8 Å². The number of benzene rings is 2. The summed E-state index contributed by atoms with van der Waals surface area (Å²) in [6.45, 7) is 2.76. The van der Waals surface area contributed by atoms with E-state index in [1.54, 1.807) is 31.3 Å². The number of carbonyl (C=O) groups is 1. The maximum Gasteiger partial charge on any atom is 0.309 e. The first-order valence-electron chi connectivity index (χ1n) is 12.3. The Kier molecular flexibility index (Phi) is 8.22. The lowest BCUT2D eigenvalue weighted by Crippen LogP contribution is -2.44. The summed E-state index contributed by atoms with van der Waals surface area (Å²) in [5, 5.41) is 10.7. The molecule has 9 heteroatoms. The van der Waals surface area contributed by atoms with Gasteiger partial charge < -0.3 is 9.84 Å². The number of aryl methyl sites for hydroxylation is 1. The van der Waals surface area contributed by atoms with Crippen molar-refractivity contribution in [3.05, 3.63) is 70.7 Å². The molecule has 0 saturated carbocycles. The molecule has 1 aliphatic rings. The highest BCUT2D eigenvalue weighted by Crippen LogP contribution is 2.41. The number of alkyl halides is 1. The van der Waals surface area contributed by atoms with Gasteiger partial charge in [-0.1, -0.05) is 11.8 Å². The maximum absolute atomic E-state index is 15.7. The van der Waals surface area contributed by atoms with Crippen LogP contribution in [0.1, 0.15) is 48.5 Å². The molecule has 1 atom stereocenters. The van der Waals surface area contributed by atoms with Gasteiger partial charge >= 0.3 is 5.97 Å². The van der Waals surface area contributed by atoms with Gasteiger partial charge in [0.25, 0.3) is 0 Å². The number of methoxy groups -OCH3 is 1. The summed E-state index contributed by atoms with van der Waals surface area (Å²) in [6, 6.07) is 6.54. The SMILES string of the molecule is COc1ccc2ncc(C)c([C@H](F)CCC3(C(=O)O)CCN(CC#Cc4cc(F)cc(F)c4F)CC3)c2c1. The normalized spacial score (nSPS) is 16.1. The number of nitrogens with zero attached hydrogens (tertiary/aromatic N) is 2. The van der Waals surface area contributed by atoms with E-state index in [2.05, 4.69) is 16.8 Å². The topological polar surface area (TPSA) is 62.7 Å². The predicted octanol–water partition coefficient (Wildman–Crippen LogP) is 5.98. The minimum absolute atomic E-state index is 0.0354. The molecule has 1 saturated heterocycles. The van der Waals surface area contributed by atoms with Crippen LogP contribution in [0.5, 0.6) is 5.75 Å². The van der Waals surface area contributed by atoms with Crippen LogP contribution in [-0.2, 0) is 4.79 Å². The van der Waals surface area contributed by atoms with E-state index in [1.165, 1.54) is 7.11 Å². The molecular formula is C29H28F4N2O3. The molecule has 1 fully saturated rings. The van der Waals surface area contributed by atoms with Gasteiger partial charge in [-0.15, -0.1) is 0 Å². The fourth-order valence-electron chi connectivity index (χ4n) is 4.99.